The summed E-state index contributed by atoms with van der Waals surface area (Å²) in [7, 11) is 0. The van der Waals surface area contributed by atoms with Crippen LogP contribution in [-0.4, -0.2) is 6.21 Å². The van der Waals surface area contributed by atoms with Crippen LogP contribution >= 0.6 is 0 Å². The molecule has 1 aliphatic rings. The van der Waals surface area contributed by atoms with Crippen LogP contribution in [0.4, 0.5) is 11.4 Å². The molecule has 0 spiro atoms. The molecule has 0 atom stereocenters. The van der Waals surface area contributed by atoms with Gasteiger partial charge in [0.2, 0.25) is 0 Å². The van der Waals surface area contributed by atoms with Crippen LogP contribution in [-0.2, 0) is 0 Å². The first-order valence-corrected chi connectivity index (χ1v) is 6.20. The monoisotopic (exact) mass is 249 g/mol. The highest BCUT2D eigenvalue weighted by atomic mass is 15.1. The van der Waals surface area contributed by atoms with E-state index in [0.717, 1.165) is 27.8 Å². The molecule has 0 fully saturated rings. The van der Waals surface area contributed by atoms with Crippen molar-refractivity contribution >= 4 is 28.4 Å². The normalized spacial score (nSPS) is 14.6. The summed E-state index contributed by atoms with van der Waals surface area (Å²) in [5.41, 5.74) is 9.03. The minimum atomic E-state index is 0.802. The van der Waals surface area contributed by atoms with Crippen molar-refractivity contribution in [3.05, 3.63) is 60.6 Å². The second kappa shape index (κ2) is 4.61. The maximum Gasteiger partial charge on any atom is 0.0532 e. The lowest BCUT2D eigenvalue weighted by molar-refractivity contribution is 1.15. The largest absolute Gasteiger partial charge is 0.398 e. The number of aliphatic imine (C=N–C) groups is 1. The van der Waals surface area contributed by atoms with E-state index in [1.54, 1.807) is 6.21 Å². The highest BCUT2D eigenvalue weighted by Gasteiger charge is 2.11. The molecule has 3 rings (SSSR count). The van der Waals surface area contributed by atoms with Crippen molar-refractivity contribution in [3.8, 4) is 0 Å². The molecule has 0 aromatic heterocycles. The summed E-state index contributed by atoms with van der Waals surface area (Å²) < 4.78 is 0. The number of hydrogen-bond acceptors (Lipinski definition) is 3. The third-order valence-corrected chi connectivity index (χ3v) is 3.24. The van der Waals surface area contributed by atoms with Gasteiger partial charge in [-0.3, -0.25) is 4.99 Å². The van der Waals surface area contributed by atoms with Crippen molar-refractivity contribution in [1.82, 2.24) is 0 Å². The van der Waals surface area contributed by atoms with Crippen LogP contribution in [0, 0.1) is 0 Å². The van der Waals surface area contributed by atoms with Gasteiger partial charge >= 0.3 is 0 Å². The Labute approximate surface area is 112 Å². The van der Waals surface area contributed by atoms with Crippen LogP contribution in [0.15, 0.2) is 65.6 Å². The van der Waals surface area contributed by atoms with E-state index >= 15 is 0 Å². The number of nitrogens with two attached hydrogens (primary N) is 1. The van der Waals surface area contributed by atoms with E-state index in [1.165, 1.54) is 0 Å². The van der Waals surface area contributed by atoms with E-state index in [2.05, 4.69) is 16.0 Å². The zero-order valence-corrected chi connectivity index (χ0v) is 10.7. The number of benzene rings is 2. The third kappa shape index (κ3) is 1.99. The summed E-state index contributed by atoms with van der Waals surface area (Å²) in [6, 6.07) is 12.2. The molecule has 94 valence electrons. The van der Waals surface area contributed by atoms with Crippen LogP contribution in [0.2, 0.25) is 0 Å². The fraction of sp³-hybridized carbons (Fsp3) is 0.0625. The van der Waals surface area contributed by atoms with Crippen molar-refractivity contribution in [2.45, 2.75) is 6.92 Å². The van der Waals surface area contributed by atoms with Crippen molar-refractivity contribution in [3.63, 3.8) is 0 Å². The fourth-order valence-electron chi connectivity index (χ4n) is 2.29. The summed E-state index contributed by atoms with van der Waals surface area (Å²) >= 11 is 0. The van der Waals surface area contributed by atoms with Gasteiger partial charge in [-0.15, -0.1) is 0 Å². The van der Waals surface area contributed by atoms with Gasteiger partial charge in [0, 0.05) is 40.8 Å². The Morgan fingerprint density at radius 2 is 1.84 bits per heavy atom. The molecule has 0 unspecified atom stereocenters. The predicted molar refractivity (Wildman–Crippen MR) is 82.2 cm³/mol. The van der Waals surface area contributed by atoms with Crippen molar-refractivity contribution in [2.24, 2.45) is 4.99 Å². The van der Waals surface area contributed by atoms with E-state index in [-0.39, 0.29) is 0 Å². The third-order valence-electron chi connectivity index (χ3n) is 3.24. The van der Waals surface area contributed by atoms with Gasteiger partial charge in [0.05, 0.1) is 5.69 Å². The fourth-order valence-corrected chi connectivity index (χ4v) is 2.29. The number of hydrogen-bond donors (Lipinski definition) is 1. The zero-order valence-electron chi connectivity index (χ0n) is 10.7. The first kappa shape index (κ1) is 11.5. The number of nitrogens with zero attached hydrogens (tertiary/aromatic N) is 2. The average molecular weight is 249 g/mol. The minimum absolute atomic E-state index is 0.802. The molecule has 2 aromatic carbocycles. The smallest absolute Gasteiger partial charge is 0.0532 e. The second-order valence-electron chi connectivity index (χ2n) is 4.50. The van der Waals surface area contributed by atoms with Crippen LogP contribution in [0.3, 0.4) is 0 Å². The molecule has 2 aromatic rings. The van der Waals surface area contributed by atoms with Crippen molar-refractivity contribution < 1.29 is 0 Å². The molecule has 0 bridgehead atoms. The lowest BCUT2D eigenvalue weighted by atomic mass is 10.1. The summed E-state index contributed by atoms with van der Waals surface area (Å²) in [5, 5.41) is 2.22. The molecule has 2 N–H and O–H groups in total. The van der Waals surface area contributed by atoms with Crippen LogP contribution in [0.25, 0.3) is 10.8 Å². The Morgan fingerprint density at radius 1 is 1.05 bits per heavy atom. The van der Waals surface area contributed by atoms with Gasteiger partial charge in [0.15, 0.2) is 0 Å². The molecule has 0 saturated heterocycles. The Kier molecular flexibility index (Phi) is 2.80. The molecular formula is C16H15N3. The van der Waals surface area contributed by atoms with Gasteiger partial charge in [-0.05, 0) is 25.1 Å². The van der Waals surface area contributed by atoms with Gasteiger partial charge in [0.1, 0.15) is 0 Å². The number of nitrogen functional groups attached to an aromatic ring is 1. The lowest BCUT2D eigenvalue weighted by Crippen LogP contribution is -2.13. The highest BCUT2D eigenvalue weighted by Crippen LogP contribution is 2.33. The van der Waals surface area contributed by atoms with E-state index in [9.17, 15) is 0 Å². The average Bonchev–Trinajstić information content (AvgIpc) is 2.65. The van der Waals surface area contributed by atoms with Crippen molar-refractivity contribution in [2.75, 3.05) is 10.6 Å². The maximum atomic E-state index is 6.04. The number of rotatable bonds is 1. The van der Waals surface area contributed by atoms with E-state index in [4.69, 9.17) is 5.73 Å². The molecule has 0 aliphatic carbocycles. The molecule has 1 aliphatic heterocycles. The second-order valence-corrected chi connectivity index (χ2v) is 4.50. The van der Waals surface area contributed by atoms with Crippen molar-refractivity contribution in [1.29, 1.82) is 0 Å². The first-order chi connectivity index (χ1) is 9.27. The number of allylic oxidation sites excluding steroid dienone is 2. The molecular weight excluding hydrogens is 234 g/mol. The molecule has 0 radical (unpaired) electrons. The van der Waals surface area contributed by atoms with E-state index in [0.29, 0.717) is 0 Å². The Hall–Kier alpha value is -2.55. The quantitative estimate of drug-likeness (QED) is 0.783. The van der Waals surface area contributed by atoms with Crippen LogP contribution < -0.4 is 10.6 Å². The van der Waals surface area contributed by atoms with Gasteiger partial charge in [-0.2, -0.15) is 0 Å². The predicted octanol–water partition coefficient (Wildman–Crippen LogP) is 3.69. The molecule has 1 heterocycles. The molecule has 0 amide bonds. The molecule has 19 heavy (non-hydrogen) atoms. The maximum absolute atomic E-state index is 6.04. The number of fused-ring (bicyclic) bond motifs is 1. The summed E-state index contributed by atoms with van der Waals surface area (Å²) in [6.07, 6.45) is 7.58. The minimum Gasteiger partial charge on any atom is -0.398 e. The molecule has 3 nitrogen and oxygen atoms in total. The Morgan fingerprint density at radius 3 is 2.68 bits per heavy atom. The lowest BCUT2D eigenvalue weighted by Gasteiger charge is -2.22. The van der Waals surface area contributed by atoms with Gasteiger partial charge in [0.25, 0.3) is 0 Å². The zero-order chi connectivity index (χ0) is 13.2. The van der Waals surface area contributed by atoms with Gasteiger partial charge in [-0.1, -0.05) is 24.3 Å². The molecule has 0 saturated carbocycles. The molecule has 3 heteroatoms. The standard InChI is InChI=1S/C16H15N3/c1-12-11-18-9-4-10-19(12)16-8-7-15(17)13-5-2-3-6-14(13)16/h2-11H,17H2,1H3. The Balaban J connectivity index is 2.24. The van der Waals surface area contributed by atoms with Crippen LogP contribution in [0.1, 0.15) is 6.92 Å². The topological polar surface area (TPSA) is 41.6 Å². The summed E-state index contributed by atoms with van der Waals surface area (Å²) in [6.45, 7) is 2.04. The highest BCUT2D eigenvalue weighted by molar-refractivity contribution is 6.02. The first-order valence-electron chi connectivity index (χ1n) is 6.20. The van der Waals surface area contributed by atoms with Gasteiger partial charge < -0.3 is 10.6 Å². The summed E-state index contributed by atoms with van der Waals surface area (Å²) in [5.74, 6) is 0. The van der Waals surface area contributed by atoms with E-state index < -0.39 is 0 Å². The van der Waals surface area contributed by atoms with E-state index in [1.807, 2.05) is 55.7 Å². The number of anilines is 2. The summed E-state index contributed by atoms with van der Waals surface area (Å²) in [4.78, 5) is 6.30. The SMILES string of the molecule is CC1=CN=CC=CN1c1ccc(N)c2ccccc12. The van der Waals surface area contributed by atoms with Crippen LogP contribution in [0.5, 0.6) is 0 Å². The van der Waals surface area contributed by atoms with Gasteiger partial charge in [-0.25, -0.2) is 0 Å². The Bertz CT molecular complexity index is 711.